The van der Waals surface area contributed by atoms with Crippen LogP contribution < -0.4 is 0 Å². The van der Waals surface area contributed by atoms with Gasteiger partial charge in [-0.15, -0.1) is 11.8 Å². The number of carbonyl (C=O) groups excluding carboxylic acids is 3. The monoisotopic (exact) mass is 460 g/mol. The van der Waals surface area contributed by atoms with Crippen LogP contribution in [0.1, 0.15) is 50.9 Å². The molecule has 0 radical (unpaired) electrons. The lowest BCUT2D eigenvalue weighted by Crippen LogP contribution is -2.44. The number of esters is 1. The highest BCUT2D eigenvalue weighted by atomic mass is 32.2. The standard InChI is InChI=1S/C25H36N2O4S/c1-17-9-18(2)12-26(11-17)23(28)15-31-25(30)21-7-5-6-8-22(21)32-16-24(29)27-13-19(3)10-20(4)14-27/h5-8,17-20H,9-16H2,1-4H3. The number of rotatable bonds is 6. The van der Waals surface area contributed by atoms with Crippen LogP contribution in [-0.2, 0) is 14.3 Å². The number of hydrogen-bond donors (Lipinski definition) is 0. The molecule has 2 heterocycles. The van der Waals surface area contributed by atoms with E-state index in [9.17, 15) is 14.4 Å². The van der Waals surface area contributed by atoms with Gasteiger partial charge >= 0.3 is 5.97 Å². The van der Waals surface area contributed by atoms with Crippen molar-refractivity contribution in [2.45, 2.75) is 45.4 Å². The molecule has 1 aromatic rings. The maximum Gasteiger partial charge on any atom is 0.339 e. The van der Waals surface area contributed by atoms with Crippen LogP contribution in [-0.4, -0.2) is 66.1 Å². The third-order valence-corrected chi connectivity index (χ3v) is 7.29. The van der Waals surface area contributed by atoms with Gasteiger partial charge in [0.15, 0.2) is 6.61 Å². The second-order valence-corrected chi connectivity index (χ2v) is 10.9. The molecule has 0 aromatic heterocycles. The van der Waals surface area contributed by atoms with E-state index in [0.29, 0.717) is 47.2 Å². The Morgan fingerprint density at radius 3 is 1.91 bits per heavy atom. The van der Waals surface area contributed by atoms with Gasteiger partial charge in [0.05, 0.1) is 11.3 Å². The number of benzene rings is 1. The number of ether oxygens (including phenoxy) is 1. The van der Waals surface area contributed by atoms with Gasteiger partial charge in [-0.05, 0) is 48.6 Å². The van der Waals surface area contributed by atoms with Crippen LogP contribution >= 0.6 is 11.8 Å². The fourth-order valence-corrected chi connectivity index (χ4v) is 5.96. The number of piperidine rings is 2. The van der Waals surface area contributed by atoms with Gasteiger partial charge in [-0.2, -0.15) is 0 Å². The Balaban J connectivity index is 1.54. The molecule has 6 nitrogen and oxygen atoms in total. The smallest absolute Gasteiger partial charge is 0.339 e. The summed E-state index contributed by atoms with van der Waals surface area (Å²) in [6, 6.07) is 7.13. The van der Waals surface area contributed by atoms with Gasteiger partial charge < -0.3 is 14.5 Å². The van der Waals surface area contributed by atoms with Crippen molar-refractivity contribution in [1.82, 2.24) is 9.80 Å². The van der Waals surface area contributed by atoms with E-state index in [0.717, 1.165) is 25.9 Å². The molecule has 4 unspecified atom stereocenters. The first-order valence-electron chi connectivity index (χ1n) is 11.7. The number of nitrogens with zero attached hydrogens (tertiary/aromatic N) is 2. The van der Waals surface area contributed by atoms with E-state index < -0.39 is 5.97 Å². The molecular weight excluding hydrogens is 424 g/mol. The van der Waals surface area contributed by atoms with E-state index in [1.807, 2.05) is 17.0 Å². The van der Waals surface area contributed by atoms with Crippen molar-refractivity contribution < 1.29 is 19.1 Å². The summed E-state index contributed by atoms with van der Waals surface area (Å²) in [7, 11) is 0. The first-order chi connectivity index (χ1) is 15.2. The zero-order valence-corrected chi connectivity index (χ0v) is 20.5. The number of thioether (sulfide) groups is 1. The normalized spacial score (nSPS) is 26.0. The van der Waals surface area contributed by atoms with Crippen LogP contribution in [0.15, 0.2) is 29.2 Å². The summed E-state index contributed by atoms with van der Waals surface area (Å²) in [5.74, 6) is 1.65. The Bertz CT molecular complexity index is 810. The molecule has 2 fully saturated rings. The SMILES string of the molecule is CC1CC(C)CN(C(=O)COC(=O)c2ccccc2SCC(=O)N2CC(C)CC(C)C2)C1. The highest BCUT2D eigenvalue weighted by molar-refractivity contribution is 8.00. The lowest BCUT2D eigenvalue weighted by atomic mass is 9.92. The summed E-state index contributed by atoms with van der Waals surface area (Å²) < 4.78 is 5.37. The molecule has 32 heavy (non-hydrogen) atoms. The first kappa shape index (κ1) is 24.6. The summed E-state index contributed by atoms with van der Waals surface area (Å²) in [4.78, 5) is 42.4. The van der Waals surface area contributed by atoms with Crippen molar-refractivity contribution >= 4 is 29.5 Å². The van der Waals surface area contributed by atoms with Gasteiger partial charge in [-0.25, -0.2) is 4.79 Å². The molecule has 0 aliphatic carbocycles. The van der Waals surface area contributed by atoms with Crippen LogP contribution in [0.2, 0.25) is 0 Å². The predicted molar refractivity (Wildman–Crippen MR) is 126 cm³/mol. The molecule has 3 rings (SSSR count). The Kier molecular flexibility index (Phi) is 8.63. The van der Waals surface area contributed by atoms with Gasteiger partial charge in [-0.3, -0.25) is 9.59 Å². The van der Waals surface area contributed by atoms with Gasteiger partial charge in [0.1, 0.15) is 0 Å². The van der Waals surface area contributed by atoms with Crippen molar-refractivity contribution in [3.63, 3.8) is 0 Å². The van der Waals surface area contributed by atoms with Gasteiger partial charge in [-0.1, -0.05) is 39.8 Å². The minimum Gasteiger partial charge on any atom is -0.452 e. The van der Waals surface area contributed by atoms with E-state index in [1.165, 1.54) is 11.8 Å². The summed E-state index contributed by atoms with van der Waals surface area (Å²) in [6.07, 6.45) is 2.27. The number of hydrogen-bond acceptors (Lipinski definition) is 5. The molecule has 2 amide bonds. The third kappa shape index (κ3) is 6.74. The van der Waals surface area contributed by atoms with Crippen LogP contribution in [0.3, 0.4) is 0 Å². The fraction of sp³-hybridized carbons (Fsp3) is 0.640. The third-order valence-electron chi connectivity index (χ3n) is 6.23. The van der Waals surface area contributed by atoms with Crippen LogP contribution in [0.25, 0.3) is 0 Å². The van der Waals surface area contributed by atoms with Gasteiger partial charge in [0.2, 0.25) is 5.91 Å². The van der Waals surface area contributed by atoms with Crippen molar-refractivity contribution in [3.8, 4) is 0 Å². The van der Waals surface area contributed by atoms with Crippen molar-refractivity contribution in [1.29, 1.82) is 0 Å². The number of carbonyl (C=O) groups is 3. The molecule has 2 aliphatic rings. The van der Waals surface area contributed by atoms with Crippen LogP contribution in [0.5, 0.6) is 0 Å². The molecule has 0 saturated carbocycles. The second kappa shape index (κ2) is 11.2. The molecule has 2 aliphatic heterocycles. The van der Waals surface area contributed by atoms with Crippen molar-refractivity contribution in [3.05, 3.63) is 29.8 Å². The maximum atomic E-state index is 12.7. The Morgan fingerprint density at radius 1 is 0.844 bits per heavy atom. The first-order valence-corrected chi connectivity index (χ1v) is 12.7. The Labute approximate surface area is 196 Å². The second-order valence-electron chi connectivity index (χ2n) is 9.85. The van der Waals surface area contributed by atoms with Gasteiger partial charge in [0, 0.05) is 31.1 Å². The number of likely N-dealkylation sites (tertiary alicyclic amines) is 2. The Hall–Kier alpha value is -2.02. The zero-order valence-electron chi connectivity index (χ0n) is 19.7. The van der Waals surface area contributed by atoms with E-state index in [-0.39, 0.29) is 24.2 Å². The van der Waals surface area contributed by atoms with Crippen molar-refractivity contribution in [2.75, 3.05) is 38.5 Å². The molecule has 7 heteroatoms. The molecule has 0 bridgehead atoms. The molecule has 1 aromatic carbocycles. The molecular formula is C25H36N2O4S. The van der Waals surface area contributed by atoms with E-state index in [4.69, 9.17) is 4.74 Å². The molecule has 0 N–H and O–H groups in total. The summed E-state index contributed by atoms with van der Waals surface area (Å²) in [5, 5.41) is 0. The highest BCUT2D eigenvalue weighted by Crippen LogP contribution is 2.26. The fourth-order valence-electron chi connectivity index (χ4n) is 5.02. The molecule has 2 saturated heterocycles. The minimum absolute atomic E-state index is 0.0973. The number of amides is 2. The topological polar surface area (TPSA) is 66.9 Å². The minimum atomic E-state index is -0.521. The van der Waals surface area contributed by atoms with E-state index in [2.05, 4.69) is 27.7 Å². The molecule has 4 atom stereocenters. The average molecular weight is 461 g/mol. The average Bonchev–Trinajstić information content (AvgIpc) is 2.74. The lowest BCUT2D eigenvalue weighted by Gasteiger charge is -2.35. The van der Waals surface area contributed by atoms with E-state index >= 15 is 0 Å². The van der Waals surface area contributed by atoms with Crippen LogP contribution in [0.4, 0.5) is 0 Å². The predicted octanol–water partition coefficient (Wildman–Crippen LogP) is 3.94. The summed E-state index contributed by atoms with van der Waals surface area (Å²) in [5.41, 5.74) is 0.402. The maximum absolute atomic E-state index is 12.7. The zero-order chi connectivity index (χ0) is 23.3. The van der Waals surface area contributed by atoms with Crippen molar-refractivity contribution in [2.24, 2.45) is 23.7 Å². The summed E-state index contributed by atoms with van der Waals surface area (Å²) >= 11 is 1.36. The van der Waals surface area contributed by atoms with Crippen LogP contribution in [0, 0.1) is 23.7 Å². The van der Waals surface area contributed by atoms with Gasteiger partial charge in [0.25, 0.3) is 5.91 Å². The van der Waals surface area contributed by atoms with E-state index in [1.54, 1.807) is 17.0 Å². The lowest BCUT2D eigenvalue weighted by molar-refractivity contribution is -0.137. The summed E-state index contributed by atoms with van der Waals surface area (Å²) in [6.45, 7) is 11.4. The molecule has 176 valence electrons. The largest absolute Gasteiger partial charge is 0.452 e. The highest BCUT2D eigenvalue weighted by Gasteiger charge is 2.27. The quantitative estimate of drug-likeness (QED) is 0.475. The Morgan fingerprint density at radius 2 is 1.34 bits per heavy atom. The molecule has 0 spiro atoms.